The lowest BCUT2D eigenvalue weighted by atomic mass is 10.2. The topological polar surface area (TPSA) is 85.5 Å². The molecular formula is C10H8N2O4. The second kappa shape index (κ2) is 4.01. The van der Waals surface area contributed by atoms with Crippen molar-refractivity contribution in [1.29, 1.82) is 0 Å². The van der Waals surface area contributed by atoms with Crippen LogP contribution < -0.4 is 0 Å². The summed E-state index contributed by atoms with van der Waals surface area (Å²) in [5.41, 5.74) is 0.636. The molecule has 0 amide bonds. The van der Waals surface area contributed by atoms with Crippen LogP contribution in [0.4, 0.5) is 0 Å². The van der Waals surface area contributed by atoms with Gasteiger partial charge in [0.15, 0.2) is 0 Å². The number of nitrogens with zero attached hydrogens (tertiary/aromatic N) is 2. The maximum atomic E-state index is 11.1. The molecule has 0 fully saturated rings. The van der Waals surface area contributed by atoms with Crippen LogP contribution in [0.15, 0.2) is 28.8 Å². The zero-order chi connectivity index (χ0) is 11.5. The van der Waals surface area contributed by atoms with Crippen molar-refractivity contribution in [2.24, 2.45) is 0 Å². The fraction of sp³-hybridized carbons (Fsp3) is 0.100. The minimum Gasteiger partial charge on any atom is -0.508 e. The van der Waals surface area contributed by atoms with Crippen LogP contribution in [0.25, 0.3) is 11.4 Å². The van der Waals surface area contributed by atoms with Gasteiger partial charge in [-0.3, -0.25) is 0 Å². The van der Waals surface area contributed by atoms with Gasteiger partial charge in [-0.1, -0.05) is 5.16 Å². The fourth-order valence-corrected chi connectivity index (χ4v) is 1.12. The Morgan fingerprint density at radius 1 is 1.38 bits per heavy atom. The predicted molar refractivity (Wildman–Crippen MR) is 52.7 cm³/mol. The van der Waals surface area contributed by atoms with Gasteiger partial charge in [0.05, 0.1) is 7.11 Å². The zero-order valence-corrected chi connectivity index (χ0v) is 8.38. The van der Waals surface area contributed by atoms with Gasteiger partial charge in [-0.2, -0.15) is 4.98 Å². The zero-order valence-electron chi connectivity index (χ0n) is 8.38. The maximum absolute atomic E-state index is 11.1. The third-order valence-electron chi connectivity index (χ3n) is 1.91. The van der Waals surface area contributed by atoms with E-state index in [9.17, 15) is 4.79 Å². The summed E-state index contributed by atoms with van der Waals surface area (Å²) in [5.74, 6) is -0.482. The molecule has 6 nitrogen and oxygen atoms in total. The number of phenolic OH excluding ortho intramolecular Hbond substituents is 1. The molecule has 0 bridgehead atoms. The minimum atomic E-state index is -0.683. The summed E-state index contributed by atoms with van der Waals surface area (Å²) >= 11 is 0. The second-order valence-corrected chi connectivity index (χ2v) is 2.96. The van der Waals surface area contributed by atoms with E-state index >= 15 is 0 Å². The van der Waals surface area contributed by atoms with E-state index in [4.69, 9.17) is 9.63 Å². The fourth-order valence-electron chi connectivity index (χ4n) is 1.12. The minimum absolute atomic E-state index is 0.139. The largest absolute Gasteiger partial charge is 0.508 e. The molecule has 0 aliphatic rings. The number of rotatable bonds is 2. The molecule has 16 heavy (non-hydrogen) atoms. The van der Waals surface area contributed by atoms with Gasteiger partial charge in [0.25, 0.3) is 0 Å². The summed E-state index contributed by atoms with van der Waals surface area (Å²) in [6, 6.07) is 6.20. The van der Waals surface area contributed by atoms with Crippen molar-refractivity contribution in [3.63, 3.8) is 0 Å². The summed E-state index contributed by atoms with van der Waals surface area (Å²) in [6.07, 6.45) is 0. The molecule has 0 aliphatic heterocycles. The van der Waals surface area contributed by atoms with E-state index in [1.807, 2.05) is 0 Å². The Balaban J connectivity index is 2.31. The van der Waals surface area contributed by atoms with Gasteiger partial charge in [-0.05, 0) is 24.3 Å². The Morgan fingerprint density at radius 3 is 2.69 bits per heavy atom. The van der Waals surface area contributed by atoms with E-state index in [1.54, 1.807) is 12.1 Å². The number of hydrogen-bond acceptors (Lipinski definition) is 6. The molecule has 0 saturated heterocycles. The van der Waals surface area contributed by atoms with E-state index in [0.29, 0.717) is 5.56 Å². The van der Waals surface area contributed by atoms with Crippen LogP contribution in [0.3, 0.4) is 0 Å². The van der Waals surface area contributed by atoms with E-state index in [-0.39, 0.29) is 17.5 Å². The Kier molecular flexibility index (Phi) is 2.55. The van der Waals surface area contributed by atoms with Gasteiger partial charge >= 0.3 is 11.9 Å². The summed E-state index contributed by atoms with van der Waals surface area (Å²) in [6.45, 7) is 0. The van der Waals surface area contributed by atoms with E-state index in [0.717, 1.165) is 0 Å². The number of esters is 1. The molecule has 6 heteroatoms. The van der Waals surface area contributed by atoms with Crippen molar-refractivity contribution in [3.05, 3.63) is 30.2 Å². The third kappa shape index (κ3) is 1.85. The molecule has 0 unspecified atom stereocenters. The first kappa shape index (κ1) is 10.2. The van der Waals surface area contributed by atoms with E-state index in [1.165, 1.54) is 19.2 Å². The monoisotopic (exact) mass is 220 g/mol. The highest BCUT2D eigenvalue weighted by atomic mass is 16.6. The standard InChI is InChI=1S/C10H8N2O4/c1-15-10(14)9-11-8(12-16-9)6-2-4-7(13)5-3-6/h2-5,13H,1H3. The third-order valence-corrected chi connectivity index (χ3v) is 1.91. The molecule has 0 atom stereocenters. The van der Waals surface area contributed by atoms with Gasteiger partial charge in [0.2, 0.25) is 5.82 Å². The van der Waals surface area contributed by atoms with Crippen molar-refractivity contribution < 1.29 is 19.2 Å². The van der Waals surface area contributed by atoms with Crippen molar-refractivity contribution in [3.8, 4) is 17.1 Å². The molecule has 82 valence electrons. The summed E-state index contributed by atoms with van der Waals surface area (Å²) in [5, 5.41) is 12.7. The smallest absolute Gasteiger partial charge is 0.397 e. The number of carbonyl (C=O) groups excluding carboxylic acids is 1. The Morgan fingerprint density at radius 2 is 2.06 bits per heavy atom. The van der Waals surface area contributed by atoms with Crippen LogP contribution in [-0.4, -0.2) is 28.3 Å². The number of carbonyl (C=O) groups is 1. The maximum Gasteiger partial charge on any atom is 0.397 e. The van der Waals surface area contributed by atoms with Crippen LogP contribution in [0.1, 0.15) is 10.7 Å². The van der Waals surface area contributed by atoms with Gasteiger partial charge in [-0.25, -0.2) is 4.79 Å². The average Bonchev–Trinajstić information content (AvgIpc) is 2.78. The number of ether oxygens (including phenoxy) is 1. The number of methoxy groups -OCH3 is 1. The molecule has 0 spiro atoms. The van der Waals surface area contributed by atoms with Gasteiger partial charge in [0.1, 0.15) is 5.75 Å². The average molecular weight is 220 g/mol. The van der Waals surface area contributed by atoms with Crippen LogP contribution in [0.5, 0.6) is 5.75 Å². The summed E-state index contributed by atoms with van der Waals surface area (Å²) in [7, 11) is 1.23. The summed E-state index contributed by atoms with van der Waals surface area (Å²) < 4.78 is 9.13. The first-order valence-corrected chi connectivity index (χ1v) is 4.42. The first-order chi connectivity index (χ1) is 7.70. The highest BCUT2D eigenvalue weighted by Crippen LogP contribution is 2.18. The number of aromatic nitrogens is 2. The number of aromatic hydroxyl groups is 1. The SMILES string of the molecule is COC(=O)c1nc(-c2ccc(O)cc2)no1. The Hall–Kier alpha value is -2.37. The molecule has 2 aromatic rings. The van der Waals surface area contributed by atoms with Gasteiger partial charge in [0, 0.05) is 5.56 Å². The normalized spacial score (nSPS) is 10.1. The molecule has 1 aromatic heterocycles. The molecule has 2 rings (SSSR count). The number of benzene rings is 1. The number of hydrogen-bond donors (Lipinski definition) is 1. The highest BCUT2D eigenvalue weighted by Gasteiger charge is 2.15. The molecule has 1 heterocycles. The van der Waals surface area contributed by atoms with Crippen molar-refractivity contribution in [1.82, 2.24) is 10.1 Å². The quantitative estimate of drug-likeness (QED) is 0.766. The number of phenols is 1. The van der Waals surface area contributed by atoms with Crippen molar-refractivity contribution in [2.75, 3.05) is 7.11 Å². The molecule has 0 saturated carbocycles. The highest BCUT2D eigenvalue weighted by molar-refractivity contribution is 5.84. The van der Waals surface area contributed by atoms with Crippen LogP contribution >= 0.6 is 0 Å². The lowest BCUT2D eigenvalue weighted by molar-refractivity contribution is 0.0545. The lowest BCUT2D eigenvalue weighted by Crippen LogP contribution is -2.00. The van der Waals surface area contributed by atoms with Crippen LogP contribution in [-0.2, 0) is 4.74 Å². The predicted octanol–water partition coefficient (Wildman–Crippen LogP) is 1.23. The van der Waals surface area contributed by atoms with Crippen molar-refractivity contribution >= 4 is 5.97 Å². The van der Waals surface area contributed by atoms with Crippen LogP contribution in [0, 0.1) is 0 Å². The van der Waals surface area contributed by atoms with Crippen molar-refractivity contribution in [2.45, 2.75) is 0 Å². The van der Waals surface area contributed by atoms with Gasteiger partial charge in [-0.15, -0.1) is 0 Å². The van der Waals surface area contributed by atoms with Gasteiger partial charge < -0.3 is 14.4 Å². The Bertz CT molecular complexity index is 504. The molecule has 0 aliphatic carbocycles. The molecule has 1 N–H and O–H groups in total. The second-order valence-electron chi connectivity index (χ2n) is 2.96. The Labute approximate surface area is 90.5 Å². The first-order valence-electron chi connectivity index (χ1n) is 4.42. The lowest BCUT2D eigenvalue weighted by Gasteiger charge is -1.93. The van der Waals surface area contributed by atoms with E-state index < -0.39 is 5.97 Å². The van der Waals surface area contributed by atoms with E-state index in [2.05, 4.69) is 14.9 Å². The molecule has 1 aromatic carbocycles. The molecular weight excluding hydrogens is 212 g/mol. The molecule has 0 radical (unpaired) electrons. The summed E-state index contributed by atoms with van der Waals surface area (Å²) in [4.78, 5) is 14.9. The van der Waals surface area contributed by atoms with Crippen LogP contribution in [0.2, 0.25) is 0 Å².